The van der Waals surface area contributed by atoms with E-state index in [1.54, 1.807) is 11.3 Å². The predicted molar refractivity (Wildman–Crippen MR) is 71.4 cm³/mol. The molecule has 1 heterocycles. The summed E-state index contributed by atoms with van der Waals surface area (Å²) in [7, 11) is 0. The maximum Gasteiger partial charge on any atom is 0.0539 e. The van der Waals surface area contributed by atoms with Gasteiger partial charge in [0, 0.05) is 20.8 Å². The molecule has 0 radical (unpaired) electrons. The van der Waals surface area contributed by atoms with Gasteiger partial charge in [-0.25, -0.2) is 0 Å². The predicted octanol–water partition coefficient (Wildman–Crippen LogP) is 2.98. The van der Waals surface area contributed by atoms with Crippen LogP contribution in [0.3, 0.4) is 0 Å². The molecule has 0 spiro atoms. The molecule has 0 fully saturated rings. The summed E-state index contributed by atoms with van der Waals surface area (Å²) in [6, 6.07) is 2.42. The van der Waals surface area contributed by atoms with E-state index in [1.165, 1.54) is 14.2 Å². The molecule has 3 N–H and O–H groups in total. The Morgan fingerprint density at radius 2 is 2.47 bits per heavy atom. The molecule has 0 bridgehead atoms. The van der Waals surface area contributed by atoms with Crippen LogP contribution in [0.2, 0.25) is 0 Å². The maximum absolute atomic E-state index is 5.75. The van der Waals surface area contributed by atoms with Gasteiger partial charge in [-0.15, -0.1) is 17.9 Å². The Labute approximate surface area is 104 Å². The zero-order valence-corrected chi connectivity index (χ0v) is 11.3. The lowest BCUT2D eigenvalue weighted by Crippen LogP contribution is -2.28. The Kier molecular flexibility index (Phi) is 5.53. The van der Waals surface area contributed by atoms with Crippen molar-refractivity contribution in [1.82, 2.24) is 5.32 Å². The molecular formula is C11H17BrN2S. The van der Waals surface area contributed by atoms with Gasteiger partial charge < -0.3 is 11.1 Å². The van der Waals surface area contributed by atoms with Gasteiger partial charge in [-0.05, 0) is 41.9 Å². The van der Waals surface area contributed by atoms with E-state index in [0.717, 1.165) is 13.0 Å². The van der Waals surface area contributed by atoms with Crippen LogP contribution in [0.15, 0.2) is 23.2 Å². The highest BCUT2D eigenvalue weighted by atomic mass is 79.9. The van der Waals surface area contributed by atoms with Crippen molar-refractivity contribution in [2.45, 2.75) is 19.4 Å². The first-order valence-electron chi connectivity index (χ1n) is 4.99. The van der Waals surface area contributed by atoms with Gasteiger partial charge in [0.25, 0.3) is 0 Å². The first-order valence-corrected chi connectivity index (χ1v) is 6.60. The Morgan fingerprint density at radius 1 is 1.73 bits per heavy atom. The van der Waals surface area contributed by atoms with Crippen LogP contribution >= 0.6 is 27.3 Å². The molecule has 15 heavy (non-hydrogen) atoms. The molecule has 2 nitrogen and oxygen atoms in total. The fourth-order valence-corrected chi connectivity index (χ4v) is 2.96. The quantitative estimate of drug-likeness (QED) is 0.624. The van der Waals surface area contributed by atoms with Crippen molar-refractivity contribution in [3.63, 3.8) is 0 Å². The molecule has 1 rings (SSSR count). The highest BCUT2D eigenvalue weighted by Gasteiger charge is 2.12. The summed E-state index contributed by atoms with van der Waals surface area (Å²) < 4.78 is 1.17. The zero-order valence-electron chi connectivity index (χ0n) is 8.92. The number of nitrogens with one attached hydrogen (secondary N) is 1. The van der Waals surface area contributed by atoms with Crippen molar-refractivity contribution < 1.29 is 0 Å². The Bertz CT molecular complexity index is 303. The van der Waals surface area contributed by atoms with E-state index >= 15 is 0 Å². The monoisotopic (exact) mass is 288 g/mol. The number of thiophene rings is 1. The molecular weight excluding hydrogens is 272 g/mol. The van der Waals surface area contributed by atoms with E-state index in [9.17, 15) is 0 Å². The number of rotatable bonds is 6. The minimum Gasteiger partial charge on any atom is -0.329 e. The van der Waals surface area contributed by atoms with Crippen LogP contribution in [0, 0.1) is 6.92 Å². The third-order valence-electron chi connectivity index (χ3n) is 2.19. The molecule has 84 valence electrons. The second-order valence-corrected chi connectivity index (χ2v) is 5.51. The van der Waals surface area contributed by atoms with Crippen molar-refractivity contribution in [3.05, 3.63) is 32.9 Å². The van der Waals surface area contributed by atoms with Gasteiger partial charge in [-0.1, -0.05) is 6.08 Å². The second-order valence-electron chi connectivity index (χ2n) is 3.37. The van der Waals surface area contributed by atoms with Gasteiger partial charge in [0.2, 0.25) is 0 Å². The van der Waals surface area contributed by atoms with Crippen LogP contribution in [0.1, 0.15) is 22.2 Å². The Balaban J connectivity index is 2.61. The average Bonchev–Trinajstić information content (AvgIpc) is 2.54. The zero-order chi connectivity index (χ0) is 11.3. The molecule has 0 saturated heterocycles. The van der Waals surface area contributed by atoms with Gasteiger partial charge in [0.05, 0.1) is 6.04 Å². The summed E-state index contributed by atoms with van der Waals surface area (Å²) in [5.74, 6) is 0. The molecule has 1 aromatic heterocycles. The Morgan fingerprint density at radius 3 is 2.93 bits per heavy atom. The SMILES string of the molecule is C=CCCNC(CN)c1cc(Br)c(C)s1. The lowest BCUT2D eigenvalue weighted by molar-refractivity contribution is 0.556. The normalized spacial score (nSPS) is 12.7. The van der Waals surface area contributed by atoms with E-state index in [0.29, 0.717) is 6.54 Å². The number of aryl methyl sites for hydroxylation is 1. The van der Waals surface area contributed by atoms with Crippen molar-refractivity contribution >= 4 is 27.3 Å². The summed E-state index contributed by atoms with van der Waals surface area (Å²) in [6.45, 7) is 7.36. The maximum atomic E-state index is 5.75. The van der Waals surface area contributed by atoms with Crippen molar-refractivity contribution in [1.29, 1.82) is 0 Å². The van der Waals surface area contributed by atoms with E-state index in [1.807, 2.05) is 6.08 Å². The second kappa shape index (κ2) is 6.43. The molecule has 4 heteroatoms. The molecule has 0 aliphatic heterocycles. The molecule has 0 aliphatic rings. The first-order chi connectivity index (χ1) is 7.19. The molecule has 0 saturated carbocycles. The van der Waals surface area contributed by atoms with E-state index in [2.05, 4.69) is 40.8 Å². The van der Waals surface area contributed by atoms with Crippen LogP contribution in [-0.2, 0) is 0 Å². The van der Waals surface area contributed by atoms with Gasteiger partial charge in [0.15, 0.2) is 0 Å². The van der Waals surface area contributed by atoms with E-state index in [4.69, 9.17) is 5.73 Å². The van der Waals surface area contributed by atoms with Crippen molar-refractivity contribution in [2.24, 2.45) is 5.73 Å². The summed E-state index contributed by atoms with van der Waals surface area (Å²) in [5, 5.41) is 3.42. The summed E-state index contributed by atoms with van der Waals surface area (Å²) in [5.41, 5.74) is 5.75. The third-order valence-corrected chi connectivity index (χ3v) is 4.44. The molecule has 1 atom stereocenters. The summed E-state index contributed by atoms with van der Waals surface area (Å²) in [6.07, 6.45) is 2.89. The summed E-state index contributed by atoms with van der Waals surface area (Å²) in [4.78, 5) is 2.60. The van der Waals surface area contributed by atoms with Crippen LogP contribution in [0.25, 0.3) is 0 Å². The van der Waals surface area contributed by atoms with Gasteiger partial charge in [-0.2, -0.15) is 0 Å². The molecule has 0 amide bonds. The van der Waals surface area contributed by atoms with Gasteiger partial charge in [-0.3, -0.25) is 0 Å². The highest BCUT2D eigenvalue weighted by Crippen LogP contribution is 2.30. The average molecular weight is 289 g/mol. The molecule has 0 aromatic carbocycles. The molecule has 0 aliphatic carbocycles. The molecule has 1 aromatic rings. The molecule has 1 unspecified atom stereocenters. The topological polar surface area (TPSA) is 38.0 Å². The number of nitrogens with two attached hydrogens (primary N) is 1. The highest BCUT2D eigenvalue weighted by molar-refractivity contribution is 9.10. The van der Waals surface area contributed by atoms with Gasteiger partial charge in [0.1, 0.15) is 0 Å². The number of hydrogen-bond acceptors (Lipinski definition) is 3. The van der Waals surface area contributed by atoms with Crippen LogP contribution in [0.4, 0.5) is 0 Å². The van der Waals surface area contributed by atoms with Crippen LogP contribution < -0.4 is 11.1 Å². The third kappa shape index (κ3) is 3.72. The number of hydrogen-bond donors (Lipinski definition) is 2. The Hall–Kier alpha value is -0.160. The lowest BCUT2D eigenvalue weighted by Gasteiger charge is -2.14. The summed E-state index contributed by atoms with van der Waals surface area (Å²) >= 11 is 5.31. The van der Waals surface area contributed by atoms with E-state index < -0.39 is 0 Å². The number of halogens is 1. The fraction of sp³-hybridized carbons (Fsp3) is 0.455. The minimum atomic E-state index is 0.264. The van der Waals surface area contributed by atoms with Crippen molar-refractivity contribution in [2.75, 3.05) is 13.1 Å². The smallest absolute Gasteiger partial charge is 0.0539 e. The lowest BCUT2D eigenvalue weighted by atomic mass is 10.2. The standard InChI is InChI=1S/C11H17BrN2S/c1-3-4-5-14-10(7-13)11-6-9(12)8(2)15-11/h3,6,10,14H,1,4-5,7,13H2,2H3. The van der Waals surface area contributed by atoms with Crippen molar-refractivity contribution in [3.8, 4) is 0 Å². The largest absolute Gasteiger partial charge is 0.329 e. The van der Waals surface area contributed by atoms with E-state index in [-0.39, 0.29) is 6.04 Å². The fourth-order valence-electron chi connectivity index (χ4n) is 1.31. The van der Waals surface area contributed by atoms with Crippen LogP contribution in [0.5, 0.6) is 0 Å². The first kappa shape index (κ1) is 12.9. The van der Waals surface area contributed by atoms with Gasteiger partial charge >= 0.3 is 0 Å². The minimum absolute atomic E-state index is 0.264. The van der Waals surface area contributed by atoms with Crippen LogP contribution in [-0.4, -0.2) is 13.1 Å².